The quantitative estimate of drug-likeness (QED) is 0.300. The van der Waals surface area contributed by atoms with E-state index in [2.05, 4.69) is 25.6 Å². The molecule has 5 atom stereocenters. The number of carbonyl (C=O) groups is 4. The van der Waals surface area contributed by atoms with Gasteiger partial charge in [-0.1, -0.05) is 13.0 Å². The molecule has 4 N–H and O–H groups in total. The van der Waals surface area contributed by atoms with Crippen LogP contribution in [-0.2, 0) is 30.3 Å². The highest BCUT2D eigenvalue weighted by Gasteiger charge is 2.39. The Labute approximate surface area is 224 Å². The number of aliphatic hydroxyl groups is 1. The van der Waals surface area contributed by atoms with E-state index in [0.717, 1.165) is 0 Å². The van der Waals surface area contributed by atoms with E-state index in [1.54, 1.807) is 38.4 Å². The van der Waals surface area contributed by atoms with E-state index in [0.29, 0.717) is 17.6 Å². The number of carbonyl (C=O) groups excluding carboxylic acids is 4. The molecule has 1 aliphatic heterocycles. The van der Waals surface area contributed by atoms with Crippen molar-refractivity contribution in [2.45, 2.75) is 64.8 Å². The minimum atomic E-state index is -1.51. The molecule has 2 aromatic rings. The smallest absolute Gasteiger partial charge is 0.374 e. The topological polar surface area (TPSA) is 190 Å². The average Bonchev–Trinajstić information content (AvgIpc) is 2.92. The van der Waals surface area contributed by atoms with Gasteiger partial charge in [-0.05, 0) is 50.8 Å². The lowest BCUT2D eigenvalue weighted by Crippen LogP contribution is -2.59. The van der Waals surface area contributed by atoms with Crippen LogP contribution in [-0.4, -0.2) is 68.1 Å². The van der Waals surface area contributed by atoms with Crippen LogP contribution in [0, 0.1) is 5.92 Å². The third kappa shape index (κ3) is 7.13. The van der Waals surface area contributed by atoms with Gasteiger partial charge in [0.25, 0.3) is 11.5 Å². The maximum absolute atomic E-state index is 13.5. The van der Waals surface area contributed by atoms with E-state index < -0.39 is 65.2 Å². The Hall–Kier alpha value is -4.39. The Morgan fingerprint density at radius 1 is 1.18 bits per heavy atom. The number of aromatic nitrogens is 3. The first kappa shape index (κ1) is 29.2. The summed E-state index contributed by atoms with van der Waals surface area (Å²) in [4.78, 5) is 74.5. The van der Waals surface area contributed by atoms with Gasteiger partial charge < -0.3 is 30.2 Å². The van der Waals surface area contributed by atoms with Gasteiger partial charge in [-0.3, -0.25) is 24.2 Å². The summed E-state index contributed by atoms with van der Waals surface area (Å²) in [5.74, 6) is -5.28. The van der Waals surface area contributed by atoms with Crippen LogP contribution >= 0.6 is 0 Å². The number of nitrogens with zero attached hydrogens (tertiary/aromatic N) is 2. The number of hydrogen-bond acceptors (Lipinski definition) is 10. The van der Waals surface area contributed by atoms with E-state index in [4.69, 9.17) is 9.47 Å². The molecule has 1 saturated heterocycles. The molecule has 0 aliphatic carbocycles. The van der Waals surface area contributed by atoms with Gasteiger partial charge in [-0.15, -0.1) is 0 Å². The number of aliphatic hydroxyl groups excluding tert-OH is 1. The standard InChI is InChI=1S/C26H31N5O8/c1-5-13(2)21-26(37)38-15(4)18(31-24(35)19-22(33)29-10-9-28-19)23(34)30-17(11-16-7-6-8-27-12-16)20(32)14(3)25(36)39-21/h6-10,12,14-15,17-18,20,32H,5,11H2,1-4H3,(H,29,33)(H,30,34)(H,31,35)/b21-13-/t14-,15-,17+,18+,20+/m1/s1. The molecule has 2 aromatic heterocycles. The normalized spacial score (nSPS) is 25.8. The predicted molar refractivity (Wildman–Crippen MR) is 136 cm³/mol. The van der Waals surface area contributed by atoms with Crippen molar-refractivity contribution >= 4 is 23.8 Å². The number of hydrogen-bond donors (Lipinski definition) is 4. The molecule has 1 aliphatic rings. The van der Waals surface area contributed by atoms with Gasteiger partial charge in [0.2, 0.25) is 11.7 Å². The third-order valence-electron chi connectivity index (χ3n) is 6.36. The number of nitrogens with one attached hydrogen (secondary N) is 3. The zero-order chi connectivity index (χ0) is 28.7. The number of ether oxygens (including phenoxy) is 2. The summed E-state index contributed by atoms with van der Waals surface area (Å²) in [6.45, 7) is 6.07. The SMILES string of the molecule is CC/C(C)=C1\OC(=O)[C@H](C)[C@H](O)[C@H](Cc2cccnc2)NC(=O)[C@@H](NC(=O)c2ncc[nH]c2=O)[C@@H](C)OC1=O. The first-order valence-electron chi connectivity index (χ1n) is 12.4. The minimum Gasteiger partial charge on any atom is -0.454 e. The summed E-state index contributed by atoms with van der Waals surface area (Å²) in [6, 6.07) is 0.855. The van der Waals surface area contributed by atoms with Crippen LogP contribution in [0.5, 0.6) is 0 Å². The average molecular weight is 542 g/mol. The van der Waals surface area contributed by atoms with Gasteiger partial charge in [0.05, 0.1) is 18.1 Å². The molecule has 1 fully saturated rings. The van der Waals surface area contributed by atoms with Gasteiger partial charge in [-0.2, -0.15) is 0 Å². The maximum atomic E-state index is 13.5. The molecule has 0 bridgehead atoms. The summed E-state index contributed by atoms with van der Waals surface area (Å²) in [5.41, 5.74) is -0.247. The second-order valence-corrected chi connectivity index (χ2v) is 9.17. The monoisotopic (exact) mass is 541 g/mol. The molecule has 0 aromatic carbocycles. The Morgan fingerprint density at radius 3 is 2.56 bits per heavy atom. The molecule has 0 unspecified atom stereocenters. The highest BCUT2D eigenvalue weighted by atomic mass is 16.6. The van der Waals surface area contributed by atoms with Crippen LogP contribution in [0.25, 0.3) is 0 Å². The number of cyclic esters (lactones) is 2. The molecule has 13 nitrogen and oxygen atoms in total. The highest BCUT2D eigenvalue weighted by Crippen LogP contribution is 2.21. The number of amides is 2. The summed E-state index contributed by atoms with van der Waals surface area (Å²) < 4.78 is 10.8. The lowest BCUT2D eigenvalue weighted by atomic mass is 9.92. The van der Waals surface area contributed by atoms with E-state index in [1.165, 1.54) is 26.2 Å². The van der Waals surface area contributed by atoms with Gasteiger partial charge in [0.15, 0.2) is 5.69 Å². The summed E-state index contributed by atoms with van der Waals surface area (Å²) in [7, 11) is 0. The number of pyridine rings is 1. The van der Waals surface area contributed by atoms with E-state index in [-0.39, 0.29) is 12.2 Å². The summed E-state index contributed by atoms with van der Waals surface area (Å²) in [5, 5.41) is 16.2. The molecule has 2 amide bonds. The molecule has 3 heterocycles. The molecule has 0 radical (unpaired) electrons. The van der Waals surface area contributed by atoms with Crippen molar-refractivity contribution in [3.63, 3.8) is 0 Å². The molecule has 39 heavy (non-hydrogen) atoms. The van der Waals surface area contributed by atoms with E-state index >= 15 is 0 Å². The van der Waals surface area contributed by atoms with Gasteiger partial charge in [-0.25, -0.2) is 9.78 Å². The number of aromatic amines is 1. The van der Waals surface area contributed by atoms with E-state index in [9.17, 15) is 29.1 Å². The van der Waals surface area contributed by atoms with Crippen molar-refractivity contribution < 1.29 is 33.8 Å². The fourth-order valence-electron chi connectivity index (χ4n) is 3.86. The lowest BCUT2D eigenvalue weighted by Gasteiger charge is -2.32. The number of allylic oxidation sites excluding steroid dienone is 1. The largest absolute Gasteiger partial charge is 0.454 e. The van der Waals surface area contributed by atoms with Gasteiger partial charge in [0.1, 0.15) is 12.1 Å². The van der Waals surface area contributed by atoms with Crippen LogP contribution in [0.2, 0.25) is 0 Å². The van der Waals surface area contributed by atoms with Crippen molar-refractivity contribution in [1.82, 2.24) is 25.6 Å². The Kier molecular flexibility index (Phi) is 9.66. The van der Waals surface area contributed by atoms with Crippen LogP contribution in [0.1, 0.15) is 50.2 Å². The maximum Gasteiger partial charge on any atom is 0.374 e. The van der Waals surface area contributed by atoms with Gasteiger partial charge >= 0.3 is 11.9 Å². The first-order valence-corrected chi connectivity index (χ1v) is 12.4. The van der Waals surface area contributed by atoms with Crippen LogP contribution in [0.3, 0.4) is 0 Å². The Morgan fingerprint density at radius 2 is 1.92 bits per heavy atom. The lowest BCUT2D eigenvalue weighted by molar-refractivity contribution is -0.161. The fraction of sp³-hybridized carbons (Fsp3) is 0.423. The molecule has 0 spiro atoms. The van der Waals surface area contributed by atoms with Crippen molar-refractivity contribution in [3.8, 4) is 0 Å². The van der Waals surface area contributed by atoms with Crippen LogP contribution in [0.15, 0.2) is 53.0 Å². The molecule has 208 valence electrons. The molecular formula is C26H31N5O8. The first-order chi connectivity index (χ1) is 18.5. The van der Waals surface area contributed by atoms with Crippen molar-refractivity contribution in [2.75, 3.05) is 0 Å². The summed E-state index contributed by atoms with van der Waals surface area (Å²) in [6.07, 6.45) is 3.20. The van der Waals surface area contributed by atoms with E-state index in [1.807, 2.05) is 0 Å². The van der Waals surface area contributed by atoms with Crippen molar-refractivity contribution in [2.24, 2.45) is 5.92 Å². The minimum absolute atomic E-state index is 0.0732. The summed E-state index contributed by atoms with van der Waals surface area (Å²) >= 11 is 0. The highest BCUT2D eigenvalue weighted by molar-refractivity contribution is 5.97. The van der Waals surface area contributed by atoms with Gasteiger partial charge in [0, 0.05) is 24.8 Å². The molecule has 3 rings (SSSR count). The zero-order valence-corrected chi connectivity index (χ0v) is 22.0. The second kappa shape index (κ2) is 12.9. The molecule has 0 saturated carbocycles. The van der Waals surface area contributed by atoms with Crippen LogP contribution < -0.4 is 16.2 Å². The molecule has 13 heteroatoms. The number of rotatable bonds is 5. The Bertz CT molecular complexity index is 1310. The third-order valence-corrected chi connectivity index (χ3v) is 6.36. The molecular weight excluding hydrogens is 510 g/mol. The zero-order valence-electron chi connectivity index (χ0n) is 22.0. The number of H-pyrrole nitrogens is 1. The second-order valence-electron chi connectivity index (χ2n) is 9.17. The predicted octanol–water partition coefficient (Wildman–Crippen LogP) is 0.160. The Balaban J connectivity index is 2.04. The van der Waals surface area contributed by atoms with Crippen molar-refractivity contribution in [1.29, 1.82) is 0 Å². The van der Waals surface area contributed by atoms with Crippen molar-refractivity contribution in [3.05, 3.63) is 69.9 Å². The van der Waals surface area contributed by atoms with Crippen LogP contribution in [0.4, 0.5) is 0 Å². The fourth-order valence-corrected chi connectivity index (χ4v) is 3.86. The number of esters is 2.